The van der Waals surface area contributed by atoms with Gasteiger partial charge in [-0.2, -0.15) is 0 Å². The summed E-state index contributed by atoms with van der Waals surface area (Å²) in [5, 5.41) is 0. The fourth-order valence-electron chi connectivity index (χ4n) is 1.53. The number of piperidine rings is 1. The Morgan fingerprint density at radius 2 is 2.00 bits per heavy atom. The van der Waals surface area contributed by atoms with E-state index in [0.29, 0.717) is 6.54 Å². The third-order valence-corrected chi connectivity index (χ3v) is 2.54. The Morgan fingerprint density at radius 3 is 2.42 bits per heavy atom. The lowest BCUT2D eigenvalue weighted by Gasteiger charge is -2.41. The molecule has 0 aromatic heterocycles. The van der Waals surface area contributed by atoms with Crippen molar-refractivity contribution < 1.29 is 4.39 Å². The molecular weight excluding hydrogens is 155 g/mol. The molecule has 2 N–H and O–H groups in total. The number of nitrogens with zero attached hydrogens (tertiary/aromatic N) is 1. The van der Waals surface area contributed by atoms with E-state index in [4.69, 9.17) is 5.73 Å². The van der Waals surface area contributed by atoms with Gasteiger partial charge in [0.1, 0.15) is 6.17 Å². The summed E-state index contributed by atoms with van der Waals surface area (Å²) in [6.07, 6.45) is -0.0729. The van der Waals surface area contributed by atoms with Crippen molar-refractivity contribution in [2.75, 3.05) is 13.1 Å². The summed E-state index contributed by atoms with van der Waals surface area (Å²) in [5.74, 6) is 0. The molecule has 0 bridgehead atoms. The van der Waals surface area contributed by atoms with Crippen molar-refractivity contribution in [2.45, 2.75) is 44.9 Å². The summed E-state index contributed by atoms with van der Waals surface area (Å²) in [6, 6.07) is -0.247. The zero-order valence-corrected chi connectivity index (χ0v) is 8.18. The van der Waals surface area contributed by atoms with Gasteiger partial charge in [-0.3, -0.25) is 4.90 Å². The Morgan fingerprint density at radius 1 is 1.42 bits per heavy atom. The van der Waals surface area contributed by atoms with Crippen LogP contribution in [-0.4, -0.2) is 35.7 Å². The number of alkyl halides is 1. The predicted octanol–water partition coefficient (Wildman–Crippen LogP) is 1.16. The normalized spacial score (nSPS) is 33.8. The minimum Gasteiger partial charge on any atom is -0.325 e. The maximum atomic E-state index is 13.2. The number of hydrogen-bond acceptors (Lipinski definition) is 2. The van der Waals surface area contributed by atoms with Crippen LogP contribution >= 0.6 is 0 Å². The molecule has 1 aliphatic heterocycles. The minimum atomic E-state index is -0.849. The monoisotopic (exact) mass is 174 g/mol. The first-order chi connectivity index (χ1) is 5.41. The molecule has 0 amide bonds. The Kier molecular flexibility index (Phi) is 2.74. The average Bonchev–Trinajstić information content (AvgIpc) is 1.92. The molecule has 1 saturated heterocycles. The predicted molar refractivity (Wildman–Crippen MR) is 48.8 cm³/mol. The second-order valence-electron chi connectivity index (χ2n) is 4.59. The third-order valence-electron chi connectivity index (χ3n) is 2.54. The van der Waals surface area contributed by atoms with E-state index in [2.05, 4.69) is 25.7 Å². The molecule has 1 aliphatic rings. The molecule has 3 heteroatoms. The number of likely N-dealkylation sites (tertiary alicyclic amines) is 1. The lowest BCUT2D eigenvalue weighted by molar-refractivity contribution is 0.0511. The molecule has 0 aliphatic carbocycles. The van der Waals surface area contributed by atoms with Crippen LogP contribution < -0.4 is 5.73 Å². The minimum absolute atomic E-state index is 0.0739. The van der Waals surface area contributed by atoms with E-state index in [0.717, 1.165) is 13.0 Å². The largest absolute Gasteiger partial charge is 0.325 e. The van der Waals surface area contributed by atoms with Crippen LogP contribution in [-0.2, 0) is 0 Å². The van der Waals surface area contributed by atoms with E-state index in [1.165, 1.54) is 0 Å². The van der Waals surface area contributed by atoms with Gasteiger partial charge < -0.3 is 5.73 Å². The van der Waals surface area contributed by atoms with Crippen LogP contribution in [0.3, 0.4) is 0 Å². The van der Waals surface area contributed by atoms with E-state index in [9.17, 15) is 4.39 Å². The van der Waals surface area contributed by atoms with E-state index >= 15 is 0 Å². The van der Waals surface area contributed by atoms with Gasteiger partial charge in [-0.15, -0.1) is 0 Å². The van der Waals surface area contributed by atoms with Crippen LogP contribution in [0.4, 0.5) is 4.39 Å². The molecular formula is C9H19FN2. The highest BCUT2D eigenvalue weighted by atomic mass is 19.1. The van der Waals surface area contributed by atoms with Gasteiger partial charge in [0.15, 0.2) is 0 Å². The maximum Gasteiger partial charge on any atom is 0.128 e. The van der Waals surface area contributed by atoms with Crippen LogP contribution in [0, 0.1) is 0 Å². The molecule has 0 radical (unpaired) electrons. The molecule has 2 unspecified atom stereocenters. The Balaban J connectivity index is 2.51. The number of halogens is 1. The molecule has 1 heterocycles. The van der Waals surface area contributed by atoms with Crippen molar-refractivity contribution in [2.24, 2.45) is 5.73 Å². The van der Waals surface area contributed by atoms with Crippen molar-refractivity contribution in [3.63, 3.8) is 0 Å². The Labute approximate surface area is 73.9 Å². The second kappa shape index (κ2) is 3.30. The van der Waals surface area contributed by atoms with Gasteiger partial charge >= 0.3 is 0 Å². The van der Waals surface area contributed by atoms with E-state index in [1.54, 1.807) is 0 Å². The number of nitrogens with two attached hydrogens (primary N) is 1. The molecule has 72 valence electrons. The van der Waals surface area contributed by atoms with E-state index in [1.807, 2.05) is 0 Å². The average molecular weight is 174 g/mol. The van der Waals surface area contributed by atoms with Crippen LogP contribution in [0.1, 0.15) is 27.2 Å². The van der Waals surface area contributed by atoms with Crippen LogP contribution in [0.5, 0.6) is 0 Å². The third kappa shape index (κ3) is 2.17. The molecule has 2 nitrogen and oxygen atoms in total. The first kappa shape index (κ1) is 9.93. The first-order valence-corrected chi connectivity index (χ1v) is 4.56. The van der Waals surface area contributed by atoms with Gasteiger partial charge in [0.25, 0.3) is 0 Å². The van der Waals surface area contributed by atoms with Crippen molar-refractivity contribution in [1.29, 1.82) is 0 Å². The van der Waals surface area contributed by atoms with Gasteiger partial charge in [-0.05, 0) is 27.2 Å². The van der Waals surface area contributed by atoms with Crippen molar-refractivity contribution in [1.82, 2.24) is 4.90 Å². The number of hydrogen-bond donors (Lipinski definition) is 1. The van der Waals surface area contributed by atoms with Crippen LogP contribution in [0.2, 0.25) is 0 Å². The zero-order chi connectivity index (χ0) is 9.35. The summed E-state index contributed by atoms with van der Waals surface area (Å²) in [7, 11) is 0. The van der Waals surface area contributed by atoms with Crippen LogP contribution in [0.15, 0.2) is 0 Å². The quantitative estimate of drug-likeness (QED) is 0.597. The first-order valence-electron chi connectivity index (χ1n) is 4.56. The summed E-state index contributed by atoms with van der Waals surface area (Å²) in [5.41, 5.74) is 5.66. The fraction of sp³-hybridized carbons (Fsp3) is 1.00. The molecule has 12 heavy (non-hydrogen) atoms. The molecule has 0 saturated carbocycles. The molecule has 0 aromatic carbocycles. The second-order valence-corrected chi connectivity index (χ2v) is 4.59. The zero-order valence-electron chi connectivity index (χ0n) is 8.18. The van der Waals surface area contributed by atoms with E-state index in [-0.39, 0.29) is 11.6 Å². The molecule has 2 atom stereocenters. The summed E-state index contributed by atoms with van der Waals surface area (Å²) in [6.45, 7) is 7.74. The summed E-state index contributed by atoms with van der Waals surface area (Å²) in [4.78, 5) is 2.15. The maximum absolute atomic E-state index is 13.2. The van der Waals surface area contributed by atoms with Crippen LogP contribution in [0.25, 0.3) is 0 Å². The lowest BCUT2D eigenvalue weighted by Crippen LogP contribution is -2.54. The highest BCUT2D eigenvalue weighted by molar-refractivity contribution is 4.88. The molecule has 1 rings (SSSR count). The summed E-state index contributed by atoms with van der Waals surface area (Å²) < 4.78 is 13.2. The van der Waals surface area contributed by atoms with Crippen molar-refractivity contribution >= 4 is 0 Å². The highest BCUT2D eigenvalue weighted by Crippen LogP contribution is 2.20. The van der Waals surface area contributed by atoms with Gasteiger partial charge in [0, 0.05) is 24.7 Å². The van der Waals surface area contributed by atoms with Gasteiger partial charge in [-0.1, -0.05) is 0 Å². The Bertz CT molecular complexity index is 153. The standard InChI is InChI=1S/C9H19FN2/c1-9(2,3)12-5-4-8(11)7(10)6-12/h7-8H,4-6,11H2,1-3H3. The Hall–Kier alpha value is -0.150. The number of rotatable bonds is 0. The molecule has 0 aromatic rings. The van der Waals surface area contributed by atoms with Crippen molar-refractivity contribution in [3.8, 4) is 0 Å². The lowest BCUT2D eigenvalue weighted by atomic mass is 9.97. The smallest absolute Gasteiger partial charge is 0.128 e. The van der Waals surface area contributed by atoms with Gasteiger partial charge in [-0.25, -0.2) is 4.39 Å². The topological polar surface area (TPSA) is 29.3 Å². The van der Waals surface area contributed by atoms with Gasteiger partial charge in [0.2, 0.25) is 0 Å². The molecule has 1 fully saturated rings. The fourth-order valence-corrected chi connectivity index (χ4v) is 1.53. The summed E-state index contributed by atoms with van der Waals surface area (Å²) >= 11 is 0. The SMILES string of the molecule is CC(C)(C)N1CCC(N)C(F)C1. The van der Waals surface area contributed by atoms with Gasteiger partial charge in [0.05, 0.1) is 0 Å². The van der Waals surface area contributed by atoms with Crippen molar-refractivity contribution in [3.05, 3.63) is 0 Å². The highest BCUT2D eigenvalue weighted by Gasteiger charge is 2.31. The van der Waals surface area contributed by atoms with E-state index < -0.39 is 6.17 Å². The molecule has 0 spiro atoms.